The SMILES string of the molecule is CC(C)CCNC(=O)NC(=O)CSc1nnc(Nc2ccc(OC(F)(F)F)cc2)s1. The highest BCUT2D eigenvalue weighted by Crippen LogP contribution is 2.29. The number of alkyl halides is 3. The Balaban J connectivity index is 1.76. The summed E-state index contributed by atoms with van der Waals surface area (Å²) in [7, 11) is 0. The number of thioether (sulfide) groups is 1. The van der Waals surface area contributed by atoms with Gasteiger partial charge in [-0.3, -0.25) is 10.1 Å². The van der Waals surface area contributed by atoms with E-state index in [0.717, 1.165) is 29.5 Å². The van der Waals surface area contributed by atoms with Crippen molar-refractivity contribution in [1.29, 1.82) is 0 Å². The van der Waals surface area contributed by atoms with E-state index in [4.69, 9.17) is 0 Å². The summed E-state index contributed by atoms with van der Waals surface area (Å²) in [5.41, 5.74) is 0.494. The molecular weight excluding hydrogens is 443 g/mol. The van der Waals surface area contributed by atoms with Gasteiger partial charge in [-0.25, -0.2) is 4.79 Å². The molecule has 1 aromatic carbocycles. The van der Waals surface area contributed by atoms with Crippen LogP contribution in [0, 0.1) is 5.92 Å². The third kappa shape index (κ3) is 9.31. The van der Waals surface area contributed by atoms with Gasteiger partial charge in [0.1, 0.15) is 5.75 Å². The normalized spacial score (nSPS) is 11.3. The van der Waals surface area contributed by atoms with Gasteiger partial charge in [0, 0.05) is 12.2 Å². The van der Waals surface area contributed by atoms with E-state index in [-0.39, 0.29) is 11.5 Å². The van der Waals surface area contributed by atoms with Crippen LogP contribution in [0.15, 0.2) is 28.6 Å². The second-order valence-electron chi connectivity index (χ2n) is 6.35. The minimum absolute atomic E-state index is 0.0181. The number of anilines is 2. The van der Waals surface area contributed by atoms with Crippen molar-refractivity contribution in [3.05, 3.63) is 24.3 Å². The third-order valence-electron chi connectivity index (χ3n) is 3.33. The Kier molecular flexibility index (Phi) is 8.72. The Hall–Kier alpha value is -2.54. The maximum absolute atomic E-state index is 12.2. The van der Waals surface area contributed by atoms with Crippen molar-refractivity contribution in [3.8, 4) is 5.75 Å². The molecule has 0 fully saturated rings. The second-order valence-corrected chi connectivity index (χ2v) is 8.55. The first-order valence-electron chi connectivity index (χ1n) is 8.77. The fourth-order valence-electron chi connectivity index (χ4n) is 1.99. The van der Waals surface area contributed by atoms with Crippen LogP contribution in [0.5, 0.6) is 5.75 Å². The highest BCUT2D eigenvalue weighted by atomic mass is 32.2. The van der Waals surface area contributed by atoms with Crippen LogP contribution < -0.4 is 20.7 Å². The molecule has 0 atom stereocenters. The summed E-state index contributed by atoms with van der Waals surface area (Å²) in [5, 5.41) is 15.9. The fourth-order valence-corrected chi connectivity index (χ4v) is 3.56. The third-order valence-corrected chi connectivity index (χ3v) is 5.30. The van der Waals surface area contributed by atoms with Crippen molar-refractivity contribution in [2.45, 2.75) is 31.0 Å². The van der Waals surface area contributed by atoms with E-state index in [0.29, 0.717) is 27.6 Å². The fraction of sp³-hybridized carbons (Fsp3) is 0.412. The maximum atomic E-state index is 12.2. The molecule has 1 heterocycles. The van der Waals surface area contributed by atoms with Crippen LogP contribution >= 0.6 is 23.1 Å². The number of nitrogens with one attached hydrogen (secondary N) is 3. The summed E-state index contributed by atoms with van der Waals surface area (Å²) >= 11 is 2.27. The van der Waals surface area contributed by atoms with Crippen LogP contribution in [0.25, 0.3) is 0 Å². The number of ether oxygens (including phenoxy) is 1. The molecule has 0 unspecified atom stereocenters. The Morgan fingerprint density at radius 1 is 1.20 bits per heavy atom. The van der Waals surface area contributed by atoms with Crippen molar-refractivity contribution in [2.75, 3.05) is 17.6 Å². The monoisotopic (exact) mass is 463 g/mol. The largest absolute Gasteiger partial charge is 0.573 e. The number of benzene rings is 1. The van der Waals surface area contributed by atoms with Gasteiger partial charge in [0.15, 0.2) is 4.34 Å². The molecule has 2 aromatic rings. The van der Waals surface area contributed by atoms with Crippen LogP contribution in [-0.4, -0.2) is 40.8 Å². The standard InChI is InChI=1S/C17H20F3N5O3S2/c1-10(2)7-8-21-14(27)23-13(26)9-29-16-25-24-15(30-16)22-11-3-5-12(6-4-11)28-17(18,19)20/h3-6,10H,7-9H2,1-2H3,(H,22,24)(H2,21,23,26,27). The van der Waals surface area contributed by atoms with E-state index in [2.05, 4.69) is 30.9 Å². The molecule has 0 saturated heterocycles. The smallest absolute Gasteiger partial charge is 0.406 e. The molecule has 0 spiro atoms. The molecule has 164 valence electrons. The van der Waals surface area contributed by atoms with E-state index >= 15 is 0 Å². The lowest BCUT2D eigenvalue weighted by Crippen LogP contribution is -2.40. The molecule has 1 aromatic heterocycles. The van der Waals surface area contributed by atoms with Crippen LogP contribution in [0.2, 0.25) is 0 Å². The van der Waals surface area contributed by atoms with E-state index < -0.39 is 18.3 Å². The quantitative estimate of drug-likeness (QED) is 0.480. The molecule has 0 aliphatic rings. The molecular formula is C17H20F3N5O3S2. The lowest BCUT2D eigenvalue weighted by molar-refractivity contribution is -0.274. The Morgan fingerprint density at radius 2 is 1.90 bits per heavy atom. The molecule has 3 amide bonds. The minimum Gasteiger partial charge on any atom is -0.406 e. The number of hydrogen-bond acceptors (Lipinski definition) is 8. The summed E-state index contributed by atoms with van der Waals surface area (Å²) in [6, 6.07) is 4.60. The molecule has 0 saturated carbocycles. The zero-order chi connectivity index (χ0) is 22.1. The first kappa shape index (κ1) is 23.7. The number of amides is 3. The van der Waals surface area contributed by atoms with Gasteiger partial charge >= 0.3 is 12.4 Å². The van der Waals surface area contributed by atoms with Gasteiger partial charge in [0.2, 0.25) is 11.0 Å². The zero-order valence-corrected chi connectivity index (χ0v) is 17.7. The van der Waals surface area contributed by atoms with Gasteiger partial charge in [-0.05, 0) is 36.6 Å². The lowest BCUT2D eigenvalue weighted by atomic mass is 10.1. The van der Waals surface area contributed by atoms with E-state index in [1.165, 1.54) is 24.3 Å². The molecule has 30 heavy (non-hydrogen) atoms. The Bertz CT molecular complexity index is 844. The molecule has 0 bridgehead atoms. The predicted molar refractivity (Wildman–Crippen MR) is 108 cm³/mol. The predicted octanol–water partition coefficient (Wildman–Crippen LogP) is 4.14. The van der Waals surface area contributed by atoms with Crippen molar-refractivity contribution in [3.63, 3.8) is 0 Å². The first-order valence-corrected chi connectivity index (χ1v) is 10.6. The first-order chi connectivity index (χ1) is 14.1. The number of nitrogens with zero attached hydrogens (tertiary/aromatic N) is 2. The zero-order valence-electron chi connectivity index (χ0n) is 16.1. The second kappa shape index (κ2) is 11.0. The maximum Gasteiger partial charge on any atom is 0.573 e. The average Bonchev–Trinajstić information content (AvgIpc) is 3.07. The summed E-state index contributed by atoms with van der Waals surface area (Å²) < 4.78 is 40.8. The Morgan fingerprint density at radius 3 is 2.53 bits per heavy atom. The summed E-state index contributed by atoms with van der Waals surface area (Å²) in [6.45, 7) is 4.55. The molecule has 2 rings (SSSR count). The van der Waals surface area contributed by atoms with Gasteiger partial charge in [-0.1, -0.05) is 36.9 Å². The number of carbonyl (C=O) groups excluding carboxylic acids is 2. The number of imide groups is 1. The van der Waals surface area contributed by atoms with Crippen LogP contribution in [0.1, 0.15) is 20.3 Å². The average molecular weight is 464 g/mol. The van der Waals surface area contributed by atoms with Crippen molar-refractivity contribution in [1.82, 2.24) is 20.8 Å². The van der Waals surface area contributed by atoms with Gasteiger partial charge in [-0.2, -0.15) is 0 Å². The van der Waals surface area contributed by atoms with Crippen molar-refractivity contribution in [2.24, 2.45) is 5.92 Å². The van der Waals surface area contributed by atoms with Crippen molar-refractivity contribution < 1.29 is 27.5 Å². The van der Waals surface area contributed by atoms with Crippen LogP contribution in [-0.2, 0) is 4.79 Å². The lowest BCUT2D eigenvalue weighted by Gasteiger charge is -2.09. The molecule has 8 nitrogen and oxygen atoms in total. The van der Waals surface area contributed by atoms with E-state index in [1.807, 2.05) is 13.8 Å². The Labute approximate surface area is 179 Å². The van der Waals surface area contributed by atoms with Crippen molar-refractivity contribution >= 4 is 45.9 Å². The molecule has 13 heteroatoms. The molecule has 0 radical (unpaired) electrons. The number of hydrogen-bond donors (Lipinski definition) is 3. The number of halogens is 3. The summed E-state index contributed by atoms with van der Waals surface area (Å²) in [6.07, 6.45) is -3.93. The van der Waals surface area contributed by atoms with Crippen LogP contribution in [0.4, 0.5) is 28.8 Å². The van der Waals surface area contributed by atoms with Gasteiger partial charge in [0.05, 0.1) is 5.75 Å². The minimum atomic E-state index is -4.75. The van der Waals surface area contributed by atoms with E-state index in [9.17, 15) is 22.8 Å². The van der Waals surface area contributed by atoms with E-state index in [1.54, 1.807) is 0 Å². The summed E-state index contributed by atoms with van der Waals surface area (Å²) in [5.74, 6) is -0.369. The highest BCUT2D eigenvalue weighted by molar-refractivity contribution is 8.01. The van der Waals surface area contributed by atoms with Gasteiger partial charge < -0.3 is 15.4 Å². The topological polar surface area (TPSA) is 105 Å². The van der Waals surface area contributed by atoms with Gasteiger partial charge in [0.25, 0.3) is 0 Å². The molecule has 0 aliphatic carbocycles. The number of aromatic nitrogens is 2. The molecule has 3 N–H and O–H groups in total. The highest BCUT2D eigenvalue weighted by Gasteiger charge is 2.30. The summed E-state index contributed by atoms with van der Waals surface area (Å²) in [4.78, 5) is 23.4. The number of carbonyl (C=O) groups is 2. The number of rotatable bonds is 9. The number of urea groups is 1. The van der Waals surface area contributed by atoms with Gasteiger partial charge in [-0.15, -0.1) is 23.4 Å². The van der Waals surface area contributed by atoms with Crippen LogP contribution in [0.3, 0.4) is 0 Å². The molecule has 0 aliphatic heterocycles.